The summed E-state index contributed by atoms with van der Waals surface area (Å²) in [4.78, 5) is 50.8. The van der Waals surface area contributed by atoms with Crippen LogP contribution in [0.5, 0.6) is 0 Å². The van der Waals surface area contributed by atoms with Crippen LogP contribution in [0.3, 0.4) is 0 Å². The van der Waals surface area contributed by atoms with E-state index in [1.807, 2.05) is 6.92 Å². The summed E-state index contributed by atoms with van der Waals surface area (Å²) in [5.74, 6) is -3.20. The van der Waals surface area contributed by atoms with E-state index in [4.69, 9.17) is 9.47 Å². The second kappa shape index (κ2) is 6.28. The fraction of sp³-hybridized carbons (Fsp3) is 0.636. The molecule has 2 bridgehead atoms. The third-order valence-corrected chi connectivity index (χ3v) is 7.29. The highest BCUT2D eigenvalue weighted by atomic mass is 16.5. The summed E-state index contributed by atoms with van der Waals surface area (Å²) in [6.07, 6.45) is 1.32. The number of hydrogen-bond acceptors (Lipinski definition) is 7. The maximum absolute atomic E-state index is 13.4. The lowest BCUT2D eigenvalue weighted by atomic mass is 9.46. The average molecular weight is 402 g/mol. The molecule has 4 aliphatic rings. The van der Waals surface area contributed by atoms with E-state index in [9.17, 15) is 24.3 Å². The molecule has 7 heteroatoms. The molecule has 1 heterocycles. The molecule has 4 rings (SSSR count). The van der Waals surface area contributed by atoms with Crippen LogP contribution in [0, 0.1) is 22.7 Å². The molecule has 29 heavy (non-hydrogen) atoms. The number of carbonyl (C=O) groups is 4. The molecular formula is C22H26O7. The number of ketones is 2. The summed E-state index contributed by atoms with van der Waals surface area (Å²) in [6.45, 7) is 6.55. The highest BCUT2D eigenvalue weighted by Gasteiger charge is 2.66. The molecule has 1 saturated heterocycles. The Morgan fingerprint density at radius 3 is 2.52 bits per heavy atom. The van der Waals surface area contributed by atoms with Gasteiger partial charge in [0.05, 0.1) is 5.41 Å². The topological polar surface area (TPSA) is 107 Å². The van der Waals surface area contributed by atoms with Crippen molar-refractivity contribution in [1.29, 1.82) is 0 Å². The second-order valence-corrected chi connectivity index (χ2v) is 9.25. The standard InChI is InChI=1S/C22H26O7/c1-10(2)14-17(24)15-12(29-11(3)23)8-13-21(4)6-5-7-22(13,9-28-20(21)27)16(15)19(26)18(14)25/h10,12-13,24H,5-9H2,1-4H3. The van der Waals surface area contributed by atoms with Crippen LogP contribution in [-0.4, -0.2) is 41.3 Å². The van der Waals surface area contributed by atoms with Gasteiger partial charge in [-0.3, -0.25) is 19.2 Å². The summed E-state index contributed by atoms with van der Waals surface area (Å²) >= 11 is 0. The summed E-state index contributed by atoms with van der Waals surface area (Å²) in [5, 5.41) is 11.1. The van der Waals surface area contributed by atoms with Crippen LogP contribution in [-0.2, 0) is 28.7 Å². The van der Waals surface area contributed by atoms with Gasteiger partial charge in [-0.25, -0.2) is 0 Å². The van der Waals surface area contributed by atoms with Gasteiger partial charge in [-0.1, -0.05) is 20.3 Å². The number of rotatable bonds is 2. The van der Waals surface area contributed by atoms with Gasteiger partial charge in [-0.15, -0.1) is 0 Å². The maximum atomic E-state index is 13.4. The largest absolute Gasteiger partial charge is 0.507 e. The summed E-state index contributed by atoms with van der Waals surface area (Å²) in [5.41, 5.74) is -1.20. The monoisotopic (exact) mass is 402 g/mol. The third-order valence-electron chi connectivity index (χ3n) is 7.29. The zero-order valence-electron chi connectivity index (χ0n) is 17.2. The van der Waals surface area contributed by atoms with Gasteiger partial charge in [0.2, 0.25) is 11.6 Å². The lowest BCUT2D eigenvalue weighted by Crippen LogP contribution is -2.62. The lowest BCUT2D eigenvalue weighted by molar-refractivity contribution is -0.196. The molecule has 0 aromatic carbocycles. The van der Waals surface area contributed by atoms with Gasteiger partial charge in [-0.05, 0) is 38.0 Å². The maximum Gasteiger partial charge on any atom is 0.312 e. The Morgan fingerprint density at radius 2 is 1.90 bits per heavy atom. The second-order valence-electron chi connectivity index (χ2n) is 9.25. The Hall–Kier alpha value is -2.44. The van der Waals surface area contributed by atoms with Crippen LogP contribution < -0.4 is 0 Å². The fourth-order valence-corrected chi connectivity index (χ4v) is 6.07. The highest BCUT2D eigenvalue weighted by Crippen LogP contribution is 2.64. The van der Waals surface area contributed by atoms with Gasteiger partial charge >= 0.3 is 11.9 Å². The van der Waals surface area contributed by atoms with E-state index >= 15 is 0 Å². The smallest absolute Gasteiger partial charge is 0.312 e. The van der Waals surface area contributed by atoms with Crippen LogP contribution in [0.4, 0.5) is 0 Å². The van der Waals surface area contributed by atoms with Crippen molar-refractivity contribution in [2.45, 2.75) is 59.5 Å². The van der Waals surface area contributed by atoms with Crippen molar-refractivity contribution in [3.8, 4) is 0 Å². The molecule has 4 unspecified atom stereocenters. The van der Waals surface area contributed by atoms with E-state index in [-0.39, 0.29) is 46.9 Å². The predicted molar refractivity (Wildman–Crippen MR) is 101 cm³/mol. The number of hydrogen-bond donors (Lipinski definition) is 1. The Kier molecular flexibility index (Phi) is 4.30. The molecule has 2 fully saturated rings. The SMILES string of the molecule is CC(=O)OC1CC2C3(C)CCCC2(COC3=O)C2=C1C(O)=C(C(C)C)C(=O)C2=O. The molecule has 4 atom stereocenters. The predicted octanol–water partition coefficient (Wildman–Crippen LogP) is 2.59. The first-order chi connectivity index (χ1) is 13.5. The van der Waals surface area contributed by atoms with Crippen molar-refractivity contribution in [3.05, 3.63) is 22.5 Å². The normalized spacial score (nSPS) is 36.7. The lowest BCUT2D eigenvalue weighted by Gasteiger charge is -2.59. The van der Waals surface area contributed by atoms with Crippen molar-refractivity contribution in [2.24, 2.45) is 22.7 Å². The Bertz CT molecular complexity index is 908. The van der Waals surface area contributed by atoms with Crippen molar-refractivity contribution in [2.75, 3.05) is 6.61 Å². The van der Waals surface area contributed by atoms with E-state index in [1.165, 1.54) is 6.92 Å². The molecule has 156 valence electrons. The van der Waals surface area contributed by atoms with E-state index in [0.29, 0.717) is 25.7 Å². The van der Waals surface area contributed by atoms with Gasteiger partial charge in [-0.2, -0.15) is 0 Å². The number of aliphatic hydroxyl groups is 1. The molecule has 3 aliphatic carbocycles. The van der Waals surface area contributed by atoms with Crippen LogP contribution in [0.25, 0.3) is 0 Å². The Labute approximate surface area is 169 Å². The van der Waals surface area contributed by atoms with E-state index in [2.05, 4.69) is 0 Å². The highest BCUT2D eigenvalue weighted by molar-refractivity contribution is 6.50. The minimum Gasteiger partial charge on any atom is -0.507 e. The molecule has 1 aliphatic heterocycles. The van der Waals surface area contributed by atoms with Gasteiger partial charge in [0.25, 0.3) is 0 Å². The molecule has 7 nitrogen and oxygen atoms in total. The van der Waals surface area contributed by atoms with Crippen molar-refractivity contribution in [1.82, 2.24) is 0 Å². The molecule has 0 spiro atoms. The van der Waals surface area contributed by atoms with Gasteiger partial charge in [0.1, 0.15) is 18.5 Å². The molecule has 0 radical (unpaired) electrons. The van der Waals surface area contributed by atoms with E-state index in [1.54, 1.807) is 13.8 Å². The van der Waals surface area contributed by atoms with E-state index in [0.717, 1.165) is 0 Å². The van der Waals surface area contributed by atoms with E-state index < -0.39 is 34.5 Å². The number of esters is 2. The Morgan fingerprint density at radius 1 is 1.21 bits per heavy atom. The number of cyclic esters (lactones) is 1. The molecule has 0 aromatic heterocycles. The quantitative estimate of drug-likeness (QED) is 0.430. The molecule has 1 saturated carbocycles. The van der Waals surface area contributed by atoms with Crippen LogP contribution >= 0.6 is 0 Å². The van der Waals surface area contributed by atoms with Gasteiger partial charge in [0, 0.05) is 29.1 Å². The van der Waals surface area contributed by atoms with Crippen molar-refractivity contribution >= 4 is 23.5 Å². The molecule has 0 amide bonds. The third kappa shape index (κ3) is 2.49. The first-order valence-corrected chi connectivity index (χ1v) is 10.2. The average Bonchev–Trinajstić information content (AvgIpc) is 2.62. The van der Waals surface area contributed by atoms with Gasteiger partial charge in [0.15, 0.2) is 0 Å². The minimum atomic E-state index is -0.880. The first kappa shape index (κ1) is 19.9. The van der Waals surface area contributed by atoms with Crippen LogP contribution in [0.2, 0.25) is 0 Å². The summed E-state index contributed by atoms with van der Waals surface area (Å²) in [6, 6.07) is 0. The first-order valence-electron chi connectivity index (χ1n) is 10.2. The molecule has 0 aromatic rings. The number of aliphatic hydroxyl groups excluding tert-OH is 1. The van der Waals surface area contributed by atoms with Crippen molar-refractivity contribution in [3.63, 3.8) is 0 Å². The summed E-state index contributed by atoms with van der Waals surface area (Å²) in [7, 11) is 0. The van der Waals surface area contributed by atoms with Gasteiger partial charge < -0.3 is 14.6 Å². The molecule has 1 N–H and O–H groups in total. The fourth-order valence-electron chi connectivity index (χ4n) is 6.07. The zero-order valence-corrected chi connectivity index (χ0v) is 17.2. The van der Waals surface area contributed by atoms with Crippen molar-refractivity contribution < 1.29 is 33.8 Å². The number of ether oxygens (including phenoxy) is 2. The van der Waals surface area contributed by atoms with Crippen LogP contribution in [0.1, 0.15) is 53.4 Å². The number of carbonyl (C=O) groups excluding carboxylic acids is 4. The van der Waals surface area contributed by atoms with Crippen LogP contribution in [0.15, 0.2) is 22.5 Å². The zero-order chi connectivity index (χ0) is 21.3. The minimum absolute atomic E-state index is 0.00102. The number of Topliss-reactive ketones (excluding diaryl/α,β-unsaturated/α-hetero) is 2. The summed E-state index contributed by atoms with van der Waals surface area (Å²) < 4.78 is 11.1. The number of allylic oxidation sites excluding steroid dienone is 1. The molecular weight excluding hydrogens is 376 g/mol. The Balaban J connectivity index is 2.01.